The van der Waals surface area contributed by atoms with Crippen LogP contribution in [0.15, 0.2) is 0 Å². The average Bonchev–Trinajstić information content (AvgIpc) is 2.54. The number of carbonyl (C=O) groups is 1. The molecule has 0 amide bonds. The maximum atomic E-state index is 11.6. The molecule has 2 unspecified atom stereocenters. The van der Waals surface area contributed by atoms with Crippen LogP contribution in [-0.4, -0.2) is 44.8 Å². The zero-order valence-corrected chi connectivity index (χ0v) is 14.8. The molecule has 132 valence electrons. The molecular weight excluding hydrogens is 284 g/mol. The summed E-state index contributed by atoms with van der Waals surface area (Å²) < 4.78 is 21.5. The summed E-state index contributed by atoms with van der Waals surface area (Å²) in [5, 5.41) is 0. The van der Waals surface area contributed by atoms with Gasteiger partial charge in [0.05, 0.1) is 12.2 Å². The molecule has 0 radical (unpaired) electrons. The predicted molar refractivity (Wildman–Crippen MR) is 87.2 cm³/mol. The van der Waals surface area contributed by atoms with Crippen molar-refractivity contribution >= 4 is 6.16 Å². The van der Waals surface area contributed by atoms with Crippen molar-refractivity contribution in [1.29, 1.82) is 0 Å². The minimum absolute atomic E-state index is 0.0538. The highest BCUT2D eigenvalue weighted by atomic mass is 16.7. The molecule has 0 aromatic heterocycles. The van der Waals surface area contributed by atoms with Gasteiger partial charge in [0.15, 0.2) is 0 Å². The molecule has 0 aromatic carbocycles. The van der Waals surface area contributed by atoms with E-state index in [0.29, 0.717) is 13.2 Å². The van der Waals surface area contributed by atoms with Crippen molar-refractivity contribution in [2.75, 3.05) is 26.4 Å². The molecule has 0 aliphatic rings. The summed E-state index contributed by atoms with van der Waals surface area (Å²) in [7, 11) is 0. The minimum atomic E-state index is -0.643. The smallest absolute Gasteiger partial charge is 0.432 e. The summed E-state index contributed by atoms with van der Waals surface area (Å²) in [6.45, 7) is 10.2. The van der Waals surface area contributed by atoms with Gasteiger partial charge >= 0.3 is 6.16 Å². The number of ether oxygens (including phenoxy) is 4. The molecule has 5 heteroatoms. The fourth-order valence-electron chi connectivity index (χ4n) is 1.72. The van der Waals surface area contributed by atoms with Crippen molar-refractivity contribution in [3.63, 3.8) is 0 Å². The van der Waals surface area contributed by atoms with E-state index < -0.39 is 6.16 Å². The lowest BCUT2D eigenvalue weighted by atomic mass is 10.3. The van der Waals surface area contributed by atoms with Crippen molar-refractivity contribution in [2.45, 2.75) is 78.4 Å². The molecule has 2 atom stereocenters. The van der Waals surface area contributed by atoms with E-state index in [4.69, 9.17) is 18.9 Å². The van der Waals surface area contributed by atoms with Crippen LogP contribution < -0.4 is 0 Å². The van der Waals surface area contributed by atoms with Gasteiger partial charge < -0.3 is 18.9 Å². The second kappa shape index (κ2) is 15.1. The van der Waals surface area contributed by atoms with Gasteiger partial charge in [0.1, 0.15) is 13.2 Å². The maximum absolute atomic E-state index is 11.6. The highest BCUT2D eigenvalue weighted by Crippen LogP contribution is 2.04. The van der Waals surface area contributed by atoms with Crippen LogP contribution in [-0.2, 0) is 18.9 Å². The van der Waals surface area contributed by atoms with Gasteiger partial charge in [0, 0.05) is 13.2 Å². The molecule has 0 spiro atoms. The topological polar surface area (TPSA) is 54.0 Å². The molecule has 0 saturated heterocycles. The van der Waals surface area contributed by atoms with E-state index in [0.717, 1.165) is 38.5 Å². The van der Waals surface area contributed by atoms with Crippen molar-refractivity contribution in [1.82, 2.24) is 0 Å². The molecule has 5 nitrogen and oxygen atoms in total. The van der Waals surface area contributed by atoms with E-state index >= 15 is 0 Å². The van der Waals surface area contributed by atoms with Crippen LogP contribution in [0.5, 0.6) is 0 Å². The molecule has 0 saturated carbocycles. The Balaban J connectivity index is 3.81. The quantitative estimate of drug-likeness (QED) is 0.352. The van der Waals surface area contributed by atoms with Crippen LogP contribution >= 0.6 is 0 Å². The predicted octanol–water partition coefficient (Wildman–Crippen LogP) is 4.33. The van der Waals surface area contributed by atoms with Crippen LogP contribution in [0.1, 0.15) is 66.2 Å². The summed E-state index contributed by atoms with van der Waals surface area (Å²) in [5.41, 5.74) is 0. The lowest BCUT2D eigenvalue weighted by Crippen LogP contribution is -2.25. The van der Waals surface area contributed by atoms with Gasteiger partial charge in [-0.2, -0.15) is 0 Å². The first kappa shape index (κ1) is 21.2. The van der Waals surface area contributed by atoms with E-state index in [2.05, 4.69) is 13.8 Å². The van der Waals surface area contributed by atoms with E-state index in [-0.39, 0.29) is 25.4 Å². The molecule has 0 bridgehead atoms. The third-order valence-corrected chi connectivity index (χ3v) is 3.39. The van der Waals surface area contributed by atoms with Crippen LogP contribution in [0.3, 0.4) is 0 Å². The summed E-state index contributed by atoms with van der Waals surface area (Å²) in [4.78, 5) is 11.6. The summed E-state index contributed by atoms with van der Waals surface area (Å²) in [5.74, 6) is 0. The van der Waals surface area contributed by atoms with Gasteiger partial charge in [-0.1, -0.05) is 40.5 Å². The van der Waals surface area contributed by atoms with E-state index in [1.165, 1.54) is 0 Å². The van der Waals surface area contributed by atoms with Crippen molar-refractivity contribution < 1.29 is 23.7 Å². The third kappa shape index (κ3) is 11.8. The molecule has 0 N–H and O–H groups in total. The Morgan fingerprint density at radius 3 is 1.50 bits per heavy atom. The highest BCUT2D eigenvalue weighted by molar-refractivity contribution is 5.59. The molecule has 0 aromatic rings. The highest BCUT2D eigenvalue weighted by Gasteiger charge is 2.14. The summed E-state index contributed by atoms with van der Waals surface area (Å²) in [6.07, 6.45) is 5.11. The number of hydrogen-bond acceptors (Lipinski definition) is 5. The first-order valence-corrected chi connectivity index (χ1v) is 8.70. The van der Waals surface area contributed by atoms with Crippen LogP contribution in [0, 0.1) is 0 Å². The molecule has 0 aliphatic heterocycles. The van der Waals surface area contributed by atoms with E-state index in [9.17, 15) is 4.79 Å². The Morgan fingerprint density at radius 2 is 1.18 bits per heavy atom. The lowest BCUT2D eigenvalue weighted by molar-refractivity contribution is -0.0399. The molecule has 22 heavy (non-hydrogen) atoms. The second-order valence-corrected chi connectivity index (χ2v) is 5.38. The second-order valence-electron chi connectivity index (χ2n) is 5.38. The number of rotatable bonds is 14. The molecule has 0 fully saturated rings. The normalized spacial score (nSPS) is 13.6. The van der Waals surface area contributed by atoms with Gasteiger partial charge in [-0.25, -0.2) is 4.79 Å². The first-order chi connectivity index (χ1) is 10.7. The van der Waals surface area contributed by atoms with Crippen molar-refractivity contribution in [3.8, 4) is 0 Å². The molecular formula is C17H34O5. The molecule has 0 rings (SSSR count). The Labute approximate surface area is 135 Å². The first-order valence-electron chi connectivity index (χ1n) is 8.70. The fourth-order valence-corrected chi connectivity index (χ4v) is 1.72. The number of hydrogen-bond donors (Lipinski definition) is 0. The maximum Gasteiger partial charge on any atom is 0.508 e. The minimum Gasteiger partial charge on any atom is -0.432 e. The third-order valence-electron chi connectivity index (χ3n) is 3.39. The standard InChI is InChI=1S/C17H34O5/c1-5-9-11-19-15(7-3)13-21-17(18)22-14-16(8-4)20-12-10-6-2/h15-16H,5-14H2,1-4H3. The van der Waals surface area contributed by atoms with E-state index in [1.807, 2.05) is 13.8 Å². The van der Waals surface area contributed by atoms with E-state index in [1.54, 1.807) is 0 Å². The van der Waals surface area contributed by atoms with Crippen molar-refractivity contribution in [3.05, 3.63) is 0 Å². The zero-order chi connectivity index (χ0) is 16.6. The molecule has 0 aliphatic carbocycles. The largest absolute Gasteiger partial charge is 0.508 e. The van der Waals surface area contributed by atoms with Crippen LogP contribution in [0.4, 0.5) is 4.79 Å². The van der Waals surface area contributed by atoms with Gasteiger partial charge in [-0.3, -0.25) is 0 Å². The Hall–Kier alpha value is -0.810. The van der Waals surface area contributed by atoms with Gasteiger partial charge in [-0.15, -0.1) is 0 Å². The number of carbonyl (C=O) groups excluding carboxylic acids is 1. The Bertz CT molecular complexity index is 233. The van der Waals surface area contributed by atoms with Gasteiger partial charge in [0.2, 0.25) is 0 Å². The lowest BCUT2D eigenvalue weighted by Gasteiger charge is -2.18. The van der Waals surface area contributed by atoms with Crippen LogP contribution in [0.2, 0.25) is 0 Å². The average molecular weight is 318 g/mol. The number of unbranched alkanes of at least 4 members (excludes halogenated alkanes) is 2. The van der Waals surface area contributed by atoms with Crippen molar-refractivity contribution in [2.24, 2.45) is 0 Å². The van der Waals surface area contributed by atoms with Crippen LogP contribution in [0.25, 0.3) is 0 Å². The Kier molecular flexibility index (Phi) is 14.5. The zero-order valence-electron chi connectivity index (χ0n) is 14.8. The fraction of sp³-hybridized carbons (Fsp3) is 0.941. The van der Waals surface area contributed by atoms with Gasteiger partial charge in [0.25, 0.3) is 0 Å². The summed E-state index contributed by atoms with van der Waals surface area (Å²) >= 11 is 0. The molecule has 0 heterocycles. The van der Waals surface area contributed by atoms with Gasteiger partial charge in [-0.05, 0) is 25.7 Å². The summed E-state index contributed by atoms with van der Waals surface area (Å²) in [6, 6.07) is 0. The monoisotopic (exact) mass is 318 g/mol. The Morgan fingerprint density at radius 1 is 0.773 bits per heavy atom. The SMILES string of the molecule is CCCCOC(CC)COC(=O)OCC(CC)OCCCC.